The Morgan fingerprint density at radius 2 is 2.09 bits per heavy atom. The first-order valence-electron chi connectivity index (χ1n) is 6.42. The van der Waals surface area contributed by atoms with Crippen LogP contribution in [0.1, 0.15) is 6.92 Å². The highest BCUT2D eigenvalue weighted by atomic mass is 16.6. The summed E-state index contributed by atoms with van der Waals surface area (Å²) in [5, 5.41) is 2.67. The highest BCUT2D eigenvalue weighted by Crippen LogP contribution is 2.21. The van der Waals surface area contributed by atoms with Crippen molar-refractivity contribution < 1.29 is 14.4 Å². The van der Waals surface area contributed by atoms with Crippen molar-refractivity contribution in [3.05, 3.63) is 61.2 Å². The number of anilines is 2. The van der Waals surface area contributed by atoms with Crippen LogP contribution >= 0.6 is 0 Å². The summed E-state index contributed by atoms with van der Waals surface area (Å²) in [7, 11) is 0. The van der Waals surface area contributed by atoms with Gasteiger partial charge in [-0.15, -0.1) is 0 Å². The number of carbonyl (C=O) groups is 2. The molecule has 0 saturated carbocycles. The van der Waals surface area contributed by atoms with Gasteiger partial charge in [-0.3, -0.25) is 19.3 Å². The number of benzene rings is 1. The quantitative estimate of drug-likeness (QED) is 0.350. The maximum absolute atomic E-state index is 12.2. The molecule has 1 rings (SSSR count). The van der Waals surface area contributed by atoms with Crippen LogP contribution in [-0.2, 0) is 14.4 Å². The molecule has 6 nitrogen and oxygen atoms in total. The van der Waals surface area contributed by atoms with Crippen LogP contribution in [0.4, 0.5) is 11.4 Å². The third-order valence-corrected chi connectivity index (χ3v) is 2.77. The summed E-state index contributed by atoms with van der Waals surface area (Å²) in [6.45, 7) is 12.1. The highest BCUT2D eigenvalue weighted by Gasteiger charge is 2.17. The van der Waals surface area contributed by atoms with Crippen molar-refractivity contribution in [3.8, 4) is 0 Å². The summed E-state index contributed by atoms with van der Waals surface area (Å²) in [5.74, 6) is 4.37. The molecule has 0 atom stereocenters. The van der Waals surface area contributed by atoms with E-state index in [1.807, 2.05) is 0 Å². The van der Waals surface area contributed by atoms with E-state index in [9.17, 15) is 9.59 Å². The Labute approximate surface area is 129 Å². The molecular weight excluding hydrogens is 282 g/mol. The zero-order valence-corrected chi connectivity index (χ0v) is 12.5. The van der Waals surface area contributed by atoms with Crippen LogP contribution in [0.2, 0.25) is 0 Å². The number of nitrogens with zero attached hydrogens (tertiary/aromatic N) is 1. The van der Waals surface area contributed by atoms with Gasteiger partial charge in [0, 0.05) is 22.5 Å². The van der Waals surface area contributed by atoms with Gasteiger partial charge in [0.15, 0.2) is 0 Å². The highest BCUT2D eigenvalue weighted by molar-refractivity contribution is 6.07. The molecule has 0 unspecified atom stereocenters. The van der Waals surface area contributed by atoms with Crippen molar-refractivity contribution in [1.29, 1.82) is 0 Å². The monoisotopic (exact) mass is 301 g/mol. The Bertz CT molecular complexity index is 623. The molecule has 1 aromatic carbocycles. The maximum Gasteiger partial charge on any atom is 0.259 e. The second-order valence-electron chi connectivity index (χ2n) is 4.54. The minimum Gasteiger partial charge on any atom is -0.322 e. The number of nitrogens with one attached hydrogen (secondary N) is 1. The minimum atomic E-state index is -0.399. The number of hydrogen-bond donors (Lipinski definition) is 2. The zero-order valence-electron chi connectivity index (χ0n) is 12.5. The third kappa shape index (κ3) is 4.41. The predicted molar refractivity (Wildman–Crippen MR) is 86.8 cm³/mol. The summed E-state index contributed by atoms with van der Waals surface area (Å²) >= 11 is 0. The van der Waals surface area contributed by atoms with Crippen LogP contribution in [0.25, 0.3) is 0 Å². The second kappa shape index (κ2) is 7.92. The first-order chi connectivity index (χ1) is 10.4. The number of nitrogens with two attached hydrogens (primary N) is 1. The van der Waals surface area contributed by atoms with E-state index >= 15 is 0 Å². The van der Waals surface area contributed by atoms with Gasteiger partial charge in [-0.05, 0) is 25.1 Å². The predicted octanol–water partition coefficient (Wildman–Crippen LogP) is 2.12. The summed E-state index contributed by atoms with van der Waals surface area (Å²) < 4.78 is 0. The molecule has 0 saturated heterocycles. The Hall–Kier alpha value is -2.70. The van der Waals surface area contributed by atoms with Gasteiger partial charge in [0.05, 0.1) is 0 Å². The molecule has 0 aliphatic carbocycles. The first-order valence-corrected chi connectivity index (χ1v) is 6.42. The lowest BCUT2D eigenvalue weighted by atomic mass is 10.2. The summed E-state index contributed by atoms with van der Waals surface area (Å²) in [4.78, 5) is 29.7. The number of carbonyl (C=O) groups excluding carboxylic acids is 2. The molecule has 2 amide bonds. The molecule has 0 heterocycles. The van der Waals surface area contributed by atoms with E-state index in [1.54, 1.807) is 31.2 Å². The Morgan fingerprint density at radius 1 is 1.41 bits per heavy atom. The molecule has 0 aromatic heterocycles. The fraction of sp³-hybridized carbons (Fsp3) is 0.125. The molecule has 116 valence electrons. The van der Waals surface area contributed by atoms with E-state index in [0.717, 1.165) is 0 Å². The van der Waals surface area contributed by atoms with Crippen LogP contribution in [0, 0.1) is 0 Å². The lowest BCUT2D eigenvalue weighted by Crippen LogP contribution is -2.34. The lowest BCUT2D eigenvalue weighted by Gasteiger charge is -2.22. The molecular formula is C16H19N3O3. The normalized spacial score (nSPS) is 9.73. The van der Waals surface area contributed by atoms with Crippen molar-refractivity contribution in [1.82, 2.24) is 0 Å². The lowest BCUT2D eigenvalue weighted by molar-refractivity contribution is -0.116. The Morgan fingerprint density at radius 3 is 2.64 bits per heavy atom. The largest absolute Gasteiger partial charge is 0.322 e. The number of hydrogen-bond acceptors (Lipinski definition) is 4. The second-order valence-corrected chi connectivity index (χ2v) is 4.54. The van der Waals surface area contributed by atoms with Crippen LogP contribution in [0.5, 0.6) is 0 Å². The minimum absolute atomic E-state index is 0.163. The molecule has 0 aliphatic heterocycles. The average molecular weight is 301 g/mol. The van der Waals surface area contributed by atoms with Crippen molar-refractivity contribution in [2.75, 3.05) is 16.9 Å². The zero-order chi connectivity index (χ0) is 16.7. The van der Waals surface area contributed by atoms with E-state index < -0.39 is 5.91 Å². The standard InChI is InChI=1S/C16H19N3O3/c1-5-12(4)16(21)19(10-22-17)14-8-6-7-13(9-14)18-15(20)11(2)3/h5-9H,1-2,4,10,17H2,3H3,(H,18,20). The van der Waals surface area contributed by atoms with Crippen LogP contribution in [0.15, 0.2) is 61.2 Å². The maximum atomic E-state index is 12.2. The van der Waals surface area contributed by atoms with Crippen molar-refractivity contribution in [2.24, 2.45) is 5.90 Å². The molecule has 6 heteroatoms. The molecule has 0 aliphatic rings. The topological polar surface area (TPSA) is 84.7 Å². The summed E-state index contributed by atoms with van der Waals surface area (Å²) in [6.07, 6.45) is 1.35. The summed E-state index contributed by atoms with van der Waals surface area (Å²) in [5.41, 5.74) is 1.60. The van der Waals surface area contributed by atoms with E-state index in [1.165, 1.54) is 11.0 Å². The SMILES string of the molecule is C=CC(=C)C(=O)N(CON)c1cccc(NC(=O)C(=C)C)c1. The van der Waals surface area contributed by atoms with E-state index in [-0.39, 0.29) is 18.2 Å². The number of rotatable bonds is 7. The molecule has 0 bridgehead atoms. The van der Waals surface area contributed by atoms with Gasteiger partial charge in [0.1, 0.15) is 6.73 Å². The van der Waals surface area contributed by atoms with Gasteiger partial charge in [0.25, 0.3) is 11.8 Å². The van der Waals surface area contributed by atoms with Crippen molar-refractivity contribution in [2.45, 2.75) is 6.92 Å². The summed E-state index contributed by atoms with van der Waals surface area (Å²) in [6, 6.07) is 6.69. The number of amides is 2. The fourth-order valence-electron chi connectivity index (χ4n) is 1.57. The van der Waals surface area contributed by atoms with Crippen molar-refractivity contribution >= 4 is 23.2 Å². The van der Waals surface area contributed by atoms with E-state index in [4.69, 9.17) is 5.90 Å². The molecule has 0 spiro atoms. The Kier molecular flexibility index (Phi) is 6.25. The van der Waals surface area contributed by atoms with Crippen LogP contribution < -0.4 is 16.1 Å². The average Bonchev–Trinajstić information content (AvgIpc) is 2.51. The van der Waals surface area contributed by atoms with Gasteiger partial charge in [0.2, 0.25) is 0 Å². The molecule has 22 heavy (non-hydrogen) atoms. The van der Waals surface area contributed by atoms with Crippen molar-refractivity contribution in [3.63, 3.8) is 0 Å². The molecule has 0 fully saturated rings. The van der Waals surface area contributed by atoms with Crippen LogP contribution in [0.3, 0.4) is 0 Å². The van der Waals surface area contributed by atoms with Gasteiger partial charge in [-0.25, -0.2) is 5.90 Å². The van der Waals surface area contributed by atoms with Crippen LogP contribution in [-0.4, -0.2) is 18.5 Å². The fourth-order valence-corrected chi connectivity index (χ4v) is 1.57. The van der Waals surface area contributed by atoms with E-state index in [0.29, 0.717) is 16.9 Å². The van der Waals surface area contributed by atoms with Gasteiger partial charge in [-0.2, -0.15) is 0 Å². The first kappa shape index (κ1) is 17.4. The smallest absolute Gasteiger partial charge is 0.259 e. The van der Waals surface area contributed by atoms with Gasteiger partial charge < -0.3 is 5.32 Å². The molecule has 1 aromatic rings. The van der Waals surface area contributed by atoms with Gasteiger partial charge >= 0.3 is 0 Å². The van der Waals surface area contributed by atoms with Gasteiger partial charge in [-0.1, -0.05) is 31.9 Å². The molecule has 3 N–H and O–H groups in total. The molecule has 0 radical (unpaired) electrons. The Balaban J connectivity index is 3.08. The third-order valence-electron chi connectivity index (χ3n) is 2.77. The van der Waals surface area contributed by atoms with E-state index in [2.05, 4.69) is 29.9 Å².